The third-order valence-corrected chi connectivity index (χ3v) is 5.22. The van der Waals surface area contributed by atoms with Crippen molar-refractivity contribution in [2.75, 3.05) is 31.1 Å². The minimum Gasteiger partial charge on any atom is -0.391 e. The number of piperidine rings is 2. The molecule has 1 unspecified atom stereocenters. The minimum absolute atomic E-state index is 0.0442. The molecular formula is C16H27N5O2. The van der Waals surface area contributed by atoms with Crippen LogP contribution in [-0.4, -0.2) is 63.0 Å². The highest BCUT2D eigenvalue weighted by Gasteiger charge is 2.42. The highest BCUT2D eigenvalue weighted by molar-refractivity contribution is 5.73. The van der Waals surface area contributed by atoms with E-state index in [2.05, 4.69) is 28.8 Å². The number of aliphatic hydroxyl groups excluding tert-OH is 1. The van der Waals surface area contributed by atoms with Crippen LogP contribution >= 0.6 is 0 Å². The average molecular weight is 321 g/mol. The van der Waals surface area contributed by atoms with Crippen molar-refractivity contribution in [3.8, 4) is 0 Å². The fraction of sp³-hybridized carbons (Fsp3) is 0.812. The van der Waals surface area contributed by atoms with Crippen LogP contribution in [0, 0.1) is 5.41 Å². The molecule has 2 fully saturated rings. The largest absolute Gasteiger partial charge is 0.391 e. The Kier molecular flexibility index (Phi) is 4.31. The van der Waals surface area contributed by atoms with Crippen LogP contribution < -0.4 is 4.90 Å². The number of nitrogens with zero attached hydrogens (tertiary/aromatic N) is 5. The number of hydrogen-bond donors (Lipinski definition) is 1. The van der Waals surface area contributed by atoms with Gasteiger partial charge in [0, 0.05) is 33.1 Å². The number of hydrogen-bond acceptors (Lipinski definition) is 5. The Morgan fingerprint density at radius 1 is 1.39 bits per heavy atom. The smallest absolute Gasteiger partial charge is 0.224 e. The first-order valence-electron chi connectivity index (χ1n) is 8.48. The Morgan fingerprint density at radius 2 is 2.09 bits per heavy atom. The van der Waals surface area contributed by atoms with Crippen molar-refractivity contribution in [2.24, 2.45) is 5.41 Å². The van der Waals surface area contributed by atoms with Crippen molar-refractivity contribution in [1.29, 1.82) is 0 Å². The van der Waals surface area contributed by atoms with Gasteiger partial charge in [-0.05, 0) is 38.5 Å². The number of anilines is 1. The van der Waals surface area contributed by atoms with Crippen LogP contribution in [-0.2, 0) is 4.79 Å². The lowest BCUT2D eigenvalue weighted by Crippen LogP contribution is -2.55. The number of likely N-dealkylation sites (tertiary alicyclic amines) is 1. The lowest BCUT2D eigenvalue weighted by Gasteiger charge is -2.49. The summed E-state index contributed by atoms with van der Waals surface area (Å²) in [6.07, 6.45) is 3.94. The number of aromatic nitrogens is 3. The summed E-state index contributed by atoms with van der Waals surface area (Å²) in [4.78, 5) is 20.2. The second-order valence-corrected chi connectivity index (χ2v) is 7.34. The van der Waals surface area contributed by atoms with Gasteiger partial charge in [-0.2, -0.15) is 10.1 Å². The van der Waals surface area contributed by atoms with Gasteiger partial charge in [0.2, 0.25) is 11.9 Å². The van der Waals surface area contributed by atoms with Crippen LogP contribution in [0.4, 0.5) is 5.95 Å². The van der Waals surface area contributed by atoms with E-state index in [-0.39, 0.29) is 17.4 Å². The zero-order valence-corrected chi connectivity index (χ0v) is 14.3. The quantitative estimate of drug-likeness (QED) is 0.881. The summed E-state index contributed by atoms with van der Waals surface area (Å²) in [6.45, 7) is 8.82. The second-order valence-electron chi connectivity index (χ2n) is 7.34. The predicted octanol–water partition coefficient (Wildman–Crippen LogP) is 1.06. The summed E-state index contributed by atoms with van der Waals surface area (Å²) in [5, 5.41) is 14.5. The van der Waals surface area contributed by atoms with Gasteiger partial charge in [-0.3, -0.25) is 4.79 Å². The molecule has 0 aliphatic carbocycles. The number of carbonyl (C=O) groups excluding carboxylic acids is 1. The third-order valence-electron chi connectivity index (χ3n) is 5.22. The van der Waals surface area contributed by atoms with Crippen molar-refractivity contribution in [1.82, 2.24) is 19.7 Å². The van der Waals surface area contributed by atoms with Gasteiger partial charge in [-0.25, -0.2) is 4.68 Å². The Labute approximate surface area is 137 Å². The molecule has 7 heteroatoms. The van der Waals surface area contributed by atoms with Crippen molar-refractivity contribution in [3.63, 3.8) is 0 Å². The molecule has 0 radical (unpaired) electrons. The number of aliphatic hydroxyl groups is 1. The van der Waals surface area contributed by atoms with Crippen molar-refractivity contribution >= 4 is 11.9 Å². The van der Waals surface area contributed by atoms with E-state index in [1.807, 2.05) is 4.68 Å². The minimum atomic E-state index is -0.404. The third kappa shape index (κ3) is 3.20. The Bertz CT molecular complexity index is 563. The van der Waals surface area contributed by atoms with Gasteiger partial charge in [0.05, 0.1) is 12.1 Å². The fourth-order valence-corrected chi connectivity index (χ4v) is 3.97. The van der Waals surface area contributed by atoms with Gasteiger partial charge < -0.3 is 14.9 Å². The van der Waals surface area contributed by atoms with Crippen LogP contribution in [0.2, 0.25) is 0 Å². The summed E-state index contributed by atoms with van der Waals surface area (Å²) in [5.74, 6) is 0.986. The molecule has 2 aliphatic heterocycles. The molecule has 1 aromatic rings. The number of β-amino-alcohol motifs (C(OH)–C–C–N with tert-alkyl or cyclic N) is 1. The van der Waals surface area contributed by atoms with Crippen LogP contribution in [0.5, 0.6) is 0 Å². The molecule has 1 spiro atoms. The molecule has 3 heterocycles. The maximum absolute atomic E-state index is 11.7. The fourth-order valence-electron chi connectivity index (χ4n) is 3.97. The van der Waals surface area contributed by atoms with Crippen LogP contribution in [0.15, 0.2) is 6.33 Å². The molecule has 0 bridgehead atoms. The van der Waals surface area contributed by atoms with E-state index in [1.54, 1.807) is 18.2 Å². The molecule has 0 saturated carbocycles. The zero-order valence-electron chi connectivity index (χ0n) is 14.3. The molecule has 23 heavy (non-hydrogen) atoms. The number of amides is 1. The van der Waals surface area contributed by atoms with Crippen LogP contribution in [0.1, 0.15) is 46.1 Å². The molecule has 128 valence electrons. The summed E-state index contributed by atoms with van der Waals surface area (Å²) >= 11 is 0. The Hall–Kier alpha value is -1.63. The zero-order chi connectivity index (χ0) is 16.6. The summed E-state index contributed by atoms with van der Waals surface area (Å²) in [6, 6.07) is 0.285. The summed E-state index contributed by atoms with van der Waals surface area (Å²) in [7, 11) is 0. The molecule has 1 aromatic heterocycles. The van der Waals surface area contributed by atoms with E-state index in [0.717, 1.165) is 44.8 Å². The molecule has 2 saturated heterocycles. The van der Waals surface area contributed by atoms with E-state index in [4.69, 9.17) is 0 Å². The molecule has 2 aliphatic rings. The SMILES string of the molecule is CC(=O)N1CC(O)CC2(CCN(c3ncnn3C(C)C)CC2)C1. The topological polar surface area (TPSA) is 74.5 Å². The van der Waals surface area contributed by atoms with Gasteiger partial charge in [0.1, 0.15) is 6.33 Å². The molecule has 1 atom stereocenters. The first-order chi connectivity index (χ1) is 10.9. The van der Waals surface area contributed by atoms with E-state index >= 15 is 0 Å². The summed E-state index contributed by atoms with van der Waals surface area (Å²) < 4.78 is 1.95. The first kappa shape index (κ1) is 16.2. The normalized spacial score (nSPS) is 24.5. The number of carbonyl (C=O) groups is 1. The number of rotatable bonds is 2. The maximum Gasteiger partial charge on any atom is 0.224 e. The van der Waals surface area contributed by atoms with Crippen LogP contribution in [0.25, 0.3) is 0 Å². The Morgan fingerprint density at radius 3 is 2.70 bits per heavy atom. The van der Waals surface area contributed by atoms with Crippen molar-refractivity contribution in [2.45, 2.75) is 52.2 Å². The predicted molar refractivity (Wildman–Crippen MR) is 87.2 cm³/mol. The molecule has 3 rings (SSSR count). The van der Waals surface area contributed by atoms with Crippen molar-refractivity contribution in [3.05, 3.63) is 6.33 Å². The lowest BCUT2D eigenvalue weighted by atomic mass is 9.71. The van der Waals surface area contributed by atoms with E-state index in [9.17, 15) is 9.90 Å². The average Bonchev–Trinajstić information content (AvgIpc) is 2.97. The summed E-state index contributed by atoms with van der Waals surface area (Å²) in [5.41, 5.74) is 0.0442. The molecule has 7 nitrogen and oxygen atoms in total. The first-order valence-corrected chi connectivity index (χ1v) is 8.48. The molecule has 1 amide bonds. The van der Waals surface area contributed by atoms with E-state index < -0.39 is 6.10 Å². The van der Waals surface area contributed by atoms with E-state index in [1.165, 1.54) is 0 Å². The highest BCUT2D eigenvalue weighted by Crippen LogP contribution is 2.40. The second kappa shape index (κ2) is 6.11. The molecular weight excluding hydrogens is 294 g/mol. The molecule has 0 aromatic carbocycles. The molecule has 1 N–H and O–H groups in total. The lowest BCUT2D eigenvalue weighted by molar-refractivity contribution is -0.137. The van der Waals surface area contributed by atoms with Crippen molar-refractivity contribution < 1.29 is 9.90 Å². The highest BCUT2D eigenvalue weighted by atomic mass is 16.3. The van der Waals surface area contributed by atoms with Gasteiger partial charge in [-0.1, -0.05) is 0 Å². The van der Waals surface area contributed by atoms with Gasteiger partial charge in [0.25, 0.3) is 0 Å². The van der Waals surface area contributed by atoms with E-state index in [0.29, 0.717) is 6.54 Å². The maximum atomic E-state index is 11.7. The standard InChI is InChI=1S/C16H27N5O2/c1-12(2)21-15(17-11-18-21)19-6-4-16(5-7-19)8-14(23)9-20(10-16)13(3)22/h11-12,14,23H,4-10H2,1-3H3. The van der Waals surface area contributed by atoms with Crippen LogP contribution in [0.3, 0.4) is 0 Å². The van der Waals surface area contributed by atoms with Gasteiger partial charge in [0.15, 0.2) is 0 Å². The Balaban J connectivity index is 1.70. The van der Waals surface area contributed by atoms with Gasteiger partial charge >= 0.3 is 0 Å². The van der Waals surface area contributed by atoms with Gasteiger partial charge in [-0.15, -0.1) is 0 Å². The monoisotopic (exact) mass is 321 g/mol.